The summed E-state index contributed by atoms with van der Waals surface area (Å²) >= 11 is 0. The number of carbonyl (C=O) groups is 2. The maximum Gasteiger partial charge on any atom is 0.472 e. The normalized spacial score (nSPS) is 14.4. The molecule has 0 amide bonds. The van der Waals surface area contributed by atoms with Crippen LogP contribution < -0.4 is 0 Å². The van der Waals surface area contributed by atoms with Crippen molar-refractivity contribution in [2.45, 2.75) is 180 Å². The first-order valence-electron chi connectivity index (χ1n) is 20.6. The topological polar surface area (TPSA) is 149 Å². The van der Waals surface area contributed by atoms with Gasteiger partial charge in [0.2, 0.25) is 0 Å². The number of phosphoric ester groups is 1. The Balaban J connectivity index is 3.97. The quantitative estimate of drug-likeness (QED) is 0.0240. The number of allylic oxidation sites excluding steroid dienone is 8. The summed E-state index contributed by atoms with van der Waals surface area (Å²) in [6.45, 7) is 2.10. The number of carbonyl (C=O) groups excluding carboxylic acids is 2. The third-order valence-corrected chi connectivity index (χ3v) is 9.46. The molecule has 0 aromatic heterocycles. The van der Waals surface area contributed by atoms with E-state index in [-0.39, 0.29) is 12.8 Å². The Labute approximate surface area is 322 Å². The summed E-state index contributed by atoms with van der Waals surface area (Å²) in [5.41, 5.74) is 0. The van der Waals surface area contributed by atoms with Crippen LogP contribution in [0.5, 0.6) is 0 Å². The Hall–Kier alpha value is -2.07. The van der Waals surface area contributed by atoms with Crippen LogP contribution >= 0.6 is 7.82 Å². The van der Waals surface area contributed by atoms with Crippen LogP contribution in [0.3, 0.4) is 0 Å². The van der Waals surface area contributed by atoms with Crippen LogP contribution in [0.4, 0.5) is 0 Å². The van der Waals surface area contributed by atoms with Crippen molar-refractivity contribution in [3.05, 3.63) is 48.6 Å². The smallest absolute Gasteiger partial charge is 0.457 e. The standard InChI is InChI=1S/C42H75O10P/c1-3-5-7-9-11-13-15-16-17-18-19-20-21-22-24-26-28-30-32-34-42(46)52-40(36-44)38-50-53(47,48)49-37-39(35-43)51-41(45)33-31-29-27-25-23-14-12-10-8-6-4-2/h10-13,16-17,19-20,39-40,43-44H,3-9,14-15,18,21-38H2,1-2H3,(H,47,48)/b12-10-,13-11-,17-16-,20-19-. The van der Waals surface area contributed by atoms with Gasteiger partial charge in [-0.05, 0) is 70.6 Å². The highest BCUT2D eigenvalue weighted by Gasteiger charge is 2.27. The van der Waals surface area contributed by atoms with Crippen LogP contribution in [0.25, 0.3) is 0 Å². The molecule has 0 rings (SSSR count). The maximum atomic E-state index is 12.3. The van der Waals surface area contributed by atoms with Gasteiger partial charge in [0.05, 0.1) is 26.4 Å². The number of hydrogen-bond donors (Lipinski definition) is 3. The van der Waals surface area contributed by atoms with Gasteiger partial charge in [-0.3, -0.25) is 18.6 Å². The third kappa shape index (κ3) is 36.7. The van der Waals surface area contributed by atoms with Crippen LogP contribution in [0.2, 0.25) is 0 Å². The van der Waals surface area contributed by atoms with Gasteiger partial charge in [0.15, 0.2) is 0 Å². The minimum absolute atomic E-state index is 0.176. The average Bonchev–Trinajstić information content (AvgIpc) is 3.14. The minimum atomic E-state index is -4.64. The highest BCUT2D eigenvalue weighted by molar-refractivity contribution is 7.47. The van der Waals surface area contributed by atoms with Gasteiger partial charge in [0, 0.05) is 12.8 Å². The lowest BCUT2D eigenvalue weighted by atomic mass is 10.1. The van der Waals surface area contributed by atoms with E-state index in [0.717, 1.165) is 89.9 Å². The molecule has 3 N–H and O–H groups in total. The summed E-state index contributed by atoms with van der Waals surface area (Å²) in [5, 5.41) is 19.1. The summed E-state index contributed by atoms with van der Waals surface area (Å²) in [5.74, 6) is -1.04. The molecular formula is C42H75O10P. The molecule has 0 aliphatic carbocycles. The highest BCUT2D eigenvalue weighted by Crippen LogP contribution is 2.43. The first-order valence-corrected chi connectivity index (χ1v) is 22.1. The van der Waals surface area contributed by atoms with Gasteiger partial charge in [-0.2, -0.15) is 0 Å². The molecule has 11 heteroatoms. The molecule has 0 radical (unpaired) electrons. The molecule has 0 saturated heterocycles. The molecule has 10 nitrogen and oxygen atoms in total. The van der Waals surface area contributed by atoms with E-state index < -0.39 is 58.4 Å². The number of hydrogen-bond acceptors (Lipinski definition) is 9. The first-order chi connectivity index (χ1) is 25.8. The predicted octanol–water partition coefficient (Wildman–Crippen LogP) is 10.6. The van der Waals surface area contributed by atoms with Crippen molar-refractivity contribution in [3.63, 3.8) is 0 Å². The fraction of sp³-hybridized carbons (Fsp3) is 0.762. The molecule has 0 saturated carbocycles. The van der Waals surface area contributed by atoms with Crippen LogP contribution in [0.1, 0.15) is 168 Å². The van der Waals surface area contributed by atoms with Crippen molar-refractivity contribution in [2.75, 3.05) is 26.4 Å². The Kier molecular flexibility index (Phi) is 36.7. The van der Waals surface area contributed by atoms with E-state index in [0.29, 0.717) is 12.8 Å². The minimum Gasteiger partial charge on any atom is -0.457 e. The van der Waals surface area contributed by atoms with Crippen molar-refractivity contribution in [1.29, 1.82) is 0 Å². The largest absolute Gasteiger partial charge is 0.472 e. The third-order valence-electron chi connectivity index (χ3n) is 8.51. The monoisotopic (exact) mass is 771 g/mol. The van der Waals surface area contributed by atoms with Crippen molar-refractivity contribution < 1.29 is 47.8 Å². The molecule has 53 heavy (non-hydrogen) atoms. The second kappa shape index (κ2) is 38.2. The molecule has 3 unspecified atom stereocenters. The number of aliphatic hydroxyl groups is 2. The fourth-order valence-corrected chi connectivity index (χ4v) is 6.06. The van der Waals surface area contributed by atoms with E-state index in [4.69, 9.17) is 18.5 Å². The van der Waals surface area contributed by atoms with Gasteiger partial charge in [-0.15, -0.1) is 0 Å². The zero-order valence-electron chi connectivity index (χ0n) is 33.2. The van der Waals surface area contributed by atoms with Crippen molar-refractivity contribution in [3.8, 4) is 0 Å². The molecule has 0 spiro atoms. The average molecular weight is 771 g/mol. The van der Waals surface area contributed by atoms with Gasteiger partial charge in [-0.25, -0.2) is 4.57 Å². The number of aliphatic hydroxyl groups excluding tert-OH is 2. The molecule has 308 valence electrons. The SMILES string of the molecule is CCCC/C=C\CCCCCCCC(=O)OC(CO)COP(=O)(O)OCC(CO)OC(=O)CCCCCCCC/C=C\C/C=C\C/C=C\CCCCC. The zero-order chi connectivity index (χ0) is 39.1. The summed E-state index contributed by atoms with van der Waals surface area (Å²) in [7, 11) is -4.64. The first kappa shape index (κ1) is 50.9. The lowest BCUT2D eigenvalue weighted by Gasteiger charge is -2.20. The second-order valence-corrected chi connectivity index (χ2v) is 15.1. The highest BCUT2D eigenvalue weighted by atomic mass is 31.2. The Morgan fingerprint density at radius 3 is 1.26 bits per heavy atom. The van der Waals surface area contributed by atoms with Crippen LogP contribution in [0.15, 0.2) is 48.6 Å². The summed E-state index contributed by atoms with van der Waals surface area (Å²) in [6.07, 6.45) is 39.4. The van der Waals surface area contributed by atoms with Crippen LogP contribution in [-0.2, 0) is 32.7 Å². The molecule has 0 aliphatic rings. The van der Waals surface area contributed by atoms with E-state index in [1.165, 1.54) is 38.5 Å². The Morgan fingerprint density at radius 2 is 0.849 bits per heavy atom. The molecule has 0 aromatic rings. The molecule has 0 heterocycles. The van der Waals surface area contributed by atoms with E-state index in [1.54, 1.807) is 0 Å². The Bertz CT molecular complexity index is 1030. The van der Waals surface area contributed by atoms with Crippen LogP contribution in [0, 0.1) is 0 Å². The van der Waals surface area contributed by atoms with Crippen molar-refractivity contribution >= 4 is 19.8 Å². The second-order valence-electron chi connectivity index (χ2n) is 13.6. The number of unbranched alkanes of at least 4 members (excludes halogenated alkanes) is 16. The molecule has 0 aliphatic heterocycles. The van der Waals surface area contributed by atoms with Gasteiger partial charge >= 0.3 is 19.8 Å². The van der Waals surface area contributed by atoms with E-state index in [9.17, 15) is 29.3 Å². The lowest BCUT2D eigenvalue weighted by Crippen LogP contribution is -2.28. The van der Waals surface area contributed by atoms with Crippen LogP contribution in [-0.4, -0.2) is 65.7 Å². The summed E-state index contributed by atoms with van der Waals surface area (Å²) < 4.78 is 32.5. The molecule has 3 atom stereocenters. The number of rotatable bonds is 38. The van der Waals surface area contributed by atoms with Gasteiger partial charge in [-0.1, -0.05) is 133 Å². The number of ether oxygens (including phenoxy) is 2. The van der Waals surface area contributed by atoms with Crippen molar-refractivity contribution in [1.82, 2.24) is 0 Å². The van der Waals surface area contributed by atoms with E-state index in [2.05, 4.69) is 62.5 Å². The number of phosphoric acid groups is 1. The Morgan fingerprint density at radius 1 is 0.509 bits per heavy atom. The van der Waals surface area contributed by atoms with E-state index in [1.807, 2.05) is 0 Å². The summed E-state index contributed by atoms with van der Waals surface area (Å²) in [4.78, 5) is 34.4. The molecule has 0 fully saturated rings. The predicted molar refractivity (Wildman–Crippen MR) is 214 cm³/mol. The molecule has 0 bridgehead atoms. The summed E-state index contributed by atoms with van der Waals surface area (Å²) in [6, 6.07) is 0. The lowest BCUT2D eigenvalue weighted by molar-refractivity contribution is -0.153. The maximum absolute atomic E-state index is 12.3. The molecular weight excluding hydrogens is 695 g/mol. The molecule has 0 aromatic carbocycles. The van der Waals surface area contributed by atoms with Crippen molar-refractivity contribution in [2.24, 2.45) is 0 Å². The van der Waals surface area contributed by atoms with Gasteiger partial charge < -0.3 is 24.6 Å². The van der Waals surface area contributed by atoms with E-state index >= 15 is 0 Å². The van der Waals surface area contributed by atoms with Gasteiger partial charge in [0.1, 0.15) is 12.2 Å². The fourth-order valence-electron chi connectivity index (χ4n) is 5.28. The van der Waals surface area contributed by atoms with Gasteiger partial charge in [0.25, 0.3) is 0 Å². The number of esters is 2. The zero-order valence-corrected chi connectivity index (χ0v) is 34.1.